The second kappa shape index (κ2) is 5.53. The van der Waals surface area contributed by atoms with Crippen LogP contribution in [0.2, 0.25) is 0 Å². The van der Waals surface area contributed by atoms with Gasteiger partial charge in [-0.25, -0.2) is 0 Å². The van der Waals surface area contributed by atoms with Gasteiger partial charge in [0.15, 0.2) is 0 Å². The molecule has 2 aromatic rings. The van der Waals surface area contributed by atoms with Crippen LogP contribution in [-0.2, 0) is 0 Å². The molecule has 2 aromatic carbocycles. The molecule has 0 aliphatic rings. The van der Waals surface area contributed by atoms with E-state index < -0.39 is 0 Å². The van der Waals surface area contributed by atoms with Crippen LogP contribution >= 0.6 is 0 Å². The summed E-state index contributed by atoms with van der Waals surface area (Å²) in [5.41, 5.74) is 2.38. The second-order valence-corrected chi connectivity index (χ2v) is 3.96. The number of nitriles is 2. The van der Waals surface area contributed by atoms with E-state index in [0.717, 1.165) is 5.56 Å². The lowest BCUT2D eigenvalue weighted by Crippen LogP contribution is -1.84. The summed E-state index contributed by atoms with van der Waals surface area (Å²) in [7, 11) is 0. The van der Waals surface area contributed by atoms with Gasteiger partial charge in [-0.15, -0.1) is 0 Å². The predicted octanol–water partition coefficient (Wildman–Crippen LogP) is 3.33. The topological polar surface area (TPSA) is 67.8 Å². The number of nitrogens with zero attached hydrogens (tertiary/aromatic N) is 2. The molecule has 0 aliphatic carbocycles. The van der Waals surface area contributed by atoms with Crippen molar-refractivity contribution >= 4 is 11.6 Å². The van der Waals surface area contributed by atoms with Gasteiger partial charge in [-0.3, -0.25) is 0 Å². The van der Waals surface area contributed by atoms with Gasteiger partial charge in [0.2, 0.25) is 0 Å². The van der Waals surface area contributed by atoms with Crippen molar-refractivity contribution in [3.05, 3.63) is 65.2 Å². The van der Waals surface area contributed by atoms with E-state index >= 15 is 0 Å². The fourth-order valence-corrected chi connectivity index (χ4v) is 1.72. The summed E-state index contributed by atoms with van der Waals surface area (Å²) in [5.74, 6) is 0.150. The first kappa shape index (κ1) is 12.4. The van der Waals surface area contributed by atoms with Crippen molar-refractivity contribution in [3.63, 3.8) is 0 Å². The molecule has 0 saturated carbocycles. The fraction of sp³-hybridized carbons (Fsp3) is 0. The summed E-state index contributed by atoms with van der Waals surface area (Å²) in [4.78, 5) is 0. The van der Waals surface area contributed by atoms with E-state index in [-0.39, 0.29) is 5.75 Å². The number of aromatic hydroxyl groups is 1. The van der Waals surface area contributed by atoms with Gasteiger partial charge in [-0.05, 0) is 41.5 Å². The molecule has 0 saturated heterocycles. The summed E-state index contributed by atoms with van der Waals surface area (Å²) in [6.07, 6.45) is 1.68. The molecule has 0 heterocycles. The molecule has 2 rings (SSSR count). The Bertz CT molecular complexity index is 718. The van der Waals surface area contributed by atoms with Gasteiger partial charge in [-0.2, -0.15) is 10.5 Å². The summed E-state index contributed by atoms with van der Waals surface area (Å²) < 4.78 is 0. The van der Waals surface area contributed by atoms with Crippen LogP contribution in [0.3, 0.4) is 0 Å². The highest BCUT2D eigenvalue weighted by Crippen LogP contribution is 2.20. The van der Waals surface area contributed by atoms with Crippen molar-refractivity contribution in [3.8, 4) is 17.9 Å². The molecule has 0 radical (unpaired) electrons. The molecule has 0 aromatic heterocycles. The number of phenols is 1. The van der Waals surface area contributed by atoms with Gasteiger partial charge in [0, 0.05) is 0 Å². The highest BCUT2D eigenvalue weighted by molar-refractivity contribution is 5.89. The summed E-state index contributed by atoms with van der Waals surface area (Å²) >= 11 is 0. The second-order valence-electron chi connectivity index (χ2n) is 3.96. The smallest absolute Gasteiger partial charge is 0.116 e. The molecule has 0 aliphatic heterocycles. The molecule has 0 bridgehead atoms. The largest absolute Gasteiger partial charge is 0.508 e. The maximum absolute atomic E-state index is 9.40. The number of hydrogen-bond acceptors (Lipinski definition) is 3. The Balaban J connectivity index is 2.46. The van der Waals surface area contributed by atoms with Gasteiger partial charge < -0.3 is 5.11 Å². The number of rotatable bonds is 2. The van der Waals surface area contributed by atoms with E-state index in [2.05, 4.69) is 6.07 Å². The zero-order valence-electron chi connectivity index (χ0n) is 10.0. The number of allylic oxidation sites excluding steroid dienone is 1. The molecule has 1 N–H and O–H groups in total. The third-order valence-corrected chi connectivity index (χ3v) is 2.60. The molecular formula is C16H10N2O. The number of benzene rings is 2. The van der Waals surface area contributed by atoms with Gasteiger partial charge in [0.05, 0.1) is 23.3 Å². The molecular weight excluding hydrogens is 236 g/mol. The lowest BCUT2D eigenvalue weighted by Gasteiger charge is -2.01. The maximum atomic E-state index is 9.40. The van der Waals surface area contributed by atoms with E-state index in [1.54, 1.807) is 54.6 Å². The van der Waals surface area contributed by atoms with Gasteiger partial charge in [0.1, 0.15) is 5.75 Å². The molecule has 3 nitrogen and oxygen atoms in total. The molecule has 90 valence electrons. The van der Waals surface area contributed by atoms with Gasteiger partial charge in [-0.1, -0.05) is 24.3 Å². The highest BCUT2D eigenvalue weighted by Gasteiger charge is 2.02. The fourth-order valence-electron chi connectivity index (χ4n) is 1.72. The minimum atomic E-state index is 0.150. The molecule has 0 spiro atoms. The standard InChI is InChI=1S/C16H10N2O/c17-10-13-4-1-5-14(8-13)15(11-18)7-12-3-2-6-16(19)9-12/h1-9,19H/b15-7-. The van der Waals surface area contributed by atoms with E-state index in [1.807, 2.05) is 6.07 Å². The van der Waals surface area contributed by atoms with Crippen LogP contribution in [0.1, 0.15) is 16.7 Å². The van der Waals surface area contributed by atoms with Crippen molar-refractivity contribution in [2.75, 3.05) is 0 Å². The van der Waals surface area contributed by atoms with Crippen molar-refractivity contribution in [2.45, 2.75) is 0 Å². The monoisotopic (exact) mass is 246 g/mol. The van der Waals surface area contributed by atoms with Crippen LogP contribution in [0.4, 0.5) is 0 Å². The molecule has 0 fully saturated rings. The van der Waals surface area contributed by atoms with Gasteiger partial charge >= 0.3 is 0 Å². The predicted molar refractivity (Wildman–Crippen MR) is 72.7 cm³/mol. The minimum absolute atomic E-state index is 0.150. The Morgan fingerprint density at radius 1 is 1.05 bits per heavy atom. The van der Waals surface area contributed by atoms with Crippen molar-refractivity contribution in [2.24, 2.45) is 0 Å². The van der Waals surface area contributed by atoms with Crippen molar-refractivity contribution < 1.29 is 5.11 Å². The average molecular weight is 246 g/mol. The zero-order chi connectivity index (χ0) is 13.7. The third-order valence-electron chi connectivity index (χ3n) is 2.60. The normalized spacial score (nSPS) is 10.5. The number of hydrogen-bond donors (Lipinski definition) is 1. The minimum Gasteiger partial charge on any atom is -0.508 e. The van der Waals surface area contributed by atoms with Crippen LogP contribution in [-0.4, -0.2) is 5.11 Å². The molecule has 0 unspecified atom stereocenters. The SMILES string of the molecule is N#C/C(=C/c1cccc(O)c1)c1cccc(C#N)c1. The Labute approximate surface area is 111 Å². The molecule has 0 atom stereocenters. The van der Waals surface area contributed by atoms with Crippen LogP contribution < -0.4 is 0 Å². The Morgan fingerprint density at radius 2 is 1.84 bits per heavy atom. The highest BCUT2D eigenvalue weighted by atomic mass is 16.3. The quantitative estimate of drug-likeness (QED) is 0.652. The van der Waals surface area contributed by atoms with Crippen LogP contribution in [0.15, 0.2) is 48.5 Å². The Hall–Kier alpha value is -3.04. The third kappa shape index (κ3) is 3.00. The van der Waals surface area contributed by atoms with Crippen molar-refractivity contribution in [1.29, 1.82) is 10.5 Å². The first-order valence-electron chi connectivity index (χ1n) is 5.64. The number of phenolic OH excluding ortho intramolecular Hbond substituents is 1. The summed E-state index contributed by atoms with van der Waals surface area (Å²) in [6, 6.07) is 17.7. The zero-order valence-corrected chi connectivity index (χ0v) is 10.0. The summed E-state index contributed by atoms with van der Waals surface area (Å²) in [5, 5.41) is 27.5. The van der Waals surface area contributed by atoms with Crippen molar-refractivity contribution in [1.82, 2.24) is 0 Å². The summed E-state index contributed by atoms with van der Waals surface area (Å²) in [6.45, 7) is 0. The van der Waals surface area contributed by atoms with Crippen LogP contribution in [0.25, 0.3) is 11.6 Å². The van der Waals surface area contributed by atoms with Crippen LogP contribution in [0.5, 0.6) is 5.75 Å². The van der Waals surface area contributed by atoms with Gasteiger partial charge in [0.25, 0.3) is 0 Å². The Kier molecular flexibility index (Phi) is 3.61. The van der Waals surface area contributed by atoms with Crippen LogP contribution in [0, 0.1) is 22.7 Å². The van der Waals surface area contributed by atoms with E-state index in [4.69, 9.17) is 5.26 Å². The maximum Gasteiger partial charge on any atom is 0.116 e. The van der Waals surface area contributed by atoms with E-state index in [9.17, 15) is 10.4 Å². The lowest BCUT2D eigenvalue weighted by atomic mass is 10.0. The van der Waals surface area contributed by atoms with E-state index in [1.165, 1.54) is 0 Å². The first-order chi connectivity index (χ1) is 9.22. The average Bonchev–Trinajstić information content (AvgIpc) is 2.45. The molecule has 0 amide bonds. The van der Waals surface area contributed by atoms with E-state index in [0.29, 0.717) is 16.7 Å². The molecule has 3 heteroatoms. The lowest BCUT2D eigenvalue weighted by molar-refractivity contribution is 0.475. The first-order valence-corrected chi connectivity index (χ1v) is 5.64. The Morgan fingerprint density at radius 3 is 2.53 bits per heavy atom. The molecule has 19 heavy (non-hydrogen) atoms.